The Morgan fingerprint density at radius 3 is 2.58 bits per heavy atom. The summed E-state index contributed by atoms with van der Waals surface area (Å²) < 4.78 is 0. The summed E-state index contributed by atoms with van der Waals surface area (Å²) in [5.74, 6) is 0.796. The van der Waals surface area contributed by atoms with Crippen molar-refractivity contribution in [2.24, 2.45) is 0 Å². The molecule has 170 valence electrons. The molecule has 2 aromatic carbocycles. The zero-order chi connectivity index (χ0) is 23.1. The minimum absolute atomic E-state index is 0.0500. The molecule has 5 rings (SSSR count). The number of rotatable bonds is 5. The third-order valence-electron chi connectivity index (χ3n) is 6.76. The number of aromatic nitrogens is 3. The predicted octanol–water partition coefficient (Wildman–Crippen LogP) is 5.55. The number of likely N-dealkylation sites (tertiary alicyclic amines) is 1. The van der Waals surface area contributed by atoms with Gasteiger partial charge in [0.1, 0.15) is 0 Å². The number of carbonyl (C=O) groups excluding carboxylic acids is 1. The van der Waals surface area contributed by atoms with Crippen molar-refractivity contribution < 1.29 is 4.79 Å². The molecule has 6 heteroatoms. The molecule has 0 aliphatic carbocycles. The minimum Gasteiger partial charge on any atom is -0.382 e. The van der Waals surface area contributed by atoms with Crippen molar-refractivity contribution in [3.63, 3.8) is 0 Å². The molecule has 1 aliphatic rings. The van der Waals surface area contributed by atoms with E-state index in [2.05, 4.69) is 64.5 Å². The van der Waals surface area contributed by atoms with E-state index in [0.717, 1.165) is 82.1 Å². The number of aromatic amines is 2. The Hall–Kier alpha value is -3.38. The molecule has 6 nitrogen and oxygen atoms in total. The van der Waals surface area contributed by atoms with Gasteiger partial charge in [0, 0.05) is 28.6 Å². The molecule has 0 unspecified atom stereocenters. The van der Waals surface area contributed by atoms with Crippen molar-refractivity contribution in [1.82, 2.24) is 19.9 Å². The summed E-state index contributed by atoms with van der Waals surface area (Å²) in [5.41, 5.74) is 8.54. The molecule has 1 aliphatic heterocycles. The SMILES string of the molecule is CC(=O)c1c(C)[nH]c(-c2nc3ccc(NC4CCN(C)CC4)cc3[nH]2)c1-c1ccccc1C. The third kappa shape index (κ3) is 4.07. The highest BCUT2D eigenvalue weighted by atomic mass is 16.1. The standard InChI is InChI=1S/C27H31N5O/c1-16-7-5-6-8-21(16)25-24(18(3)33)17(2)28-26(25)27-30-22-10-9-20(15-23(22)31-27)29-19-11-13-32(4)14-12-19/h5-10,15,19,28-29H,11-14H2,1-4H3,(H,30,31). The Morgan fingerprint density at radius 1 is 1.09 bits per heavy atom. The van der Waals surface area contributed by atoms with E-state index in [0.29, 0.717) is 6.04 Å². The number of benzene rings is 2. The highest BCUT2D eigenvalue weighted by Crippen LogP contribution is 2.38. The number of piperidine rings is 1. The largest absolute Gasteiger partial charge is 0.382 e. The highest BCUT2D eigenvalue weighted by molar-refractivity contribution is 6.06. The lowest BCUT2D eigenvalue weighted by atomic mass is 9.94. The first kappa shape index (κ1) is 21.5. The summed E-state index contributed by atoms with van der Waals surface area (Å²) in [4.78, 5) is 26.8. The fourth-order valence-electron chi connectivity index (χ4n) is 4.97. The molecule has 1 saturated heterocycles. The summed E-state index contributed by atoms with van der Waals surface area (Å²) in [5, 5.41) is 3.69. The number of ketones is 1. The van der Waals surface area contributed by atoms with Gasteiger partial charge in [0.25, 0.3) is 0 Å². The van der Waals surface area contributed by atoms with Crippen LogP contribution in [0.15, 0.2) is 42.5 Å². The zero-order valence-corrected chi connectivity index (χ0v) is 19.7. The van der Waals surface area contributed by atoms with Crippen LogP contribution in [0, 0.1) is 13.8 Å². The number of anilines is 1. The Bertz CT molecular complexity index is 1320. The predicted molar refractivity (Wildman–Crippen MR) is 135 cm³/mol. The summed E-state index contributed by atoms with van der Waals surface area (Å²) in [6.45, 7) is 7.90. The van der Waals surface area contributed by atoms with E-state index < -0.39 is 0 Å². The van der Waals surface area contributed by atoms with Gasteiger partial charge in [-0.3, -0.25) is 4.79 Å². The Kier molecular flexibility index (Phi) is 5.54. The number of Topliss-reactive ketones (excluding diaryl/α,β-unsaturated/α-hetero) is 1. The van der Waals surface area contributed by atoms with Crippen LogP contribution in [0.3, 0.4) is 0 Å². The van der Waals surface area contributed by atoms with Crippen LogP contribution in [0.25, 0.3) is 33.7 Å². The fraction of sp³-hybridized carbons (Fsp3) is 0.333. The van der Waals surface area contributed by atoms with E-state index in [-0.39, 0.29) is 5.78 Å². The van der Waals surface area contributed by atoms with Crippen LogP contribution in [0.2, 0.25) is 0 Å². The Labute approximate surface area is 194 Å². The van der Waals surface area contributed by atoms with Crippen LogP contribution in [-0.2, 0) is 0 Å². The van der Waals surface area contributed by atoms with E-state index in [4.69, 9.17) is 4.98 Å². The lowest BCUT2D eigenvalue weighted by Gasteiger charge is -2.30. The summed E-state index contributed by atoms with van der Waals surface area (Å²) in [6, 6.07) is 15.0. The summed E-state index contributed by atoms with van der Waals surface area (Å²) >= 11 is 0. The first-order valence-electron chi connectivity index (χ1n) is 11.7. The van der Waals surface area contributed by atoms with Crippen LogP contribution >= 0.6 is 0 Å². The molecule has 0 spiro atoms. The van der Waals surface area contributed by atoms with Crippen molar-refractivity contribution in [2.75, 3.05) is 25.5 Å². The van der Waals surface area contributed by atoms with Gasteiger partial charge in [-0.05, 0) is 83.1 Å². The number of imidazole rings is 1. The fourth-order valence-corrected chi connectivity index (χ4v) is 4.97. The zero-order valence-electron chi connectivity index (χ0n) is 19.7. The Morgan fingerprint density at radius 2 is 1.85 bits per heavy atom. The first-order chi connectivity index (χ1) is 15.9. The number of aryl methyl sites for hydroxylation is 2. The van der Waals surface area contributed by atoms with Gasteiger partial charge in [-0.2, -0.15) is 0 Å². The molecular weight excluding hydrogens is 410 g/mol. The van der Waals surface area contributed by atoms with E-state index in [9.17, 15) is 4.79 Å². The quantitative estimate of drug-likeness (QED) is 0.355. The molecule has 3 heterocycles. The molecule has 2 aromatic heterocycles. The van der Waals surface area contributed by atoms with Crippen LogP contribution < -0.4 is 5.32 Å². The van der Waals surface area contributed by atoms with Gasteiger partial charge in [0.2, 0.25) is 0 Å². The van der Waals surface area contributed by atoms with Crippen molar-refractivity contribution in [3.8, 4) is 22.6 Å². The first-order valence-corrected chi connectivity index (χ1v) is 11.7. The maximum Gasteiger partial charge on any atom is 0.162 e. The van der Waals surface area contributed by atoms with Crippen molar-refractivity contribution in [3.05, 3.63) is 59.3 Å². The van der Waals surface area contributed by atoms with E-state index in [1.165, 1.54) is 0 Å². The van der Waals surface area contributed by atoms with Crippen LogP contribution in [0.5, 0.6) is 0 Å². The molecule has 0 bridgehead atoms. The number of H-pyrrole nitrogens is 2. The molecule has 0 amide bonds. The molecule has 1 fully saturated rings. The number of hydrogen-bond donors (Lipinski definition) is 3. The van der Waals surface area contributed by atoms with Crippen molar-refractivity contribution in [2.45, 2.75) is 39.7 Å². The lowest BCUT2D eigenvalue weighted by molar-refractivity contribution is 0.101. The monoisotopic (exact) mass is 441 g/mol. The van der Waals surface area contributed by atoms with Crippen molar-refractivity contribution in [1.29, 1.82) is 0 Å². The number of hydrogen-bond acceptors (Lipinski definition) is 4. The van der Waals surface area contributed by atoms with Crippen LogP contribution in [0.1, 0.15) is 41.4 Å². The highest BCUT2D eigenvalue weighted by Gasteiger charge is 2.24. The maximum absolute atomic E-state index is 12.6. The number of fused-ring (bicyclic) bond motifs is 1. The van der Waals surface area contributed by atoms with E-state index in [1.54, 1.807) is 6.92 Å². The third-order valence-corrected chi connectivity index (χ3v) is 6.76. The second kappa shape index (κ2) is 8.52. The second-order valence-corrected chi connectivity index (χ2v) is 9.29. The lowest BCUT2D eigenvalue weighted by Crippen LogP contribution is -2.36. The van der Waals surface area contributed by atoms with Gasteiger partial charge in [-0.15, -0.1) is 0 Å². The smallest absolute Gasteiger partial charge is 0.162 e. The van der Waals surface area contributed by atoms with Crippen LogP contribution in [-0.4, -0.2) is 51.8 Å². The second-order valence-electron chi connectivity index (χ2n) is 9.29. The summed E-state index contributed by atoms with van der Waals surface area (Å²) in [7, 11) is 2.18. The van der Waals surface area contributed by atoms with Gasteiger partial charge >= 0.3 is 0 Å². The molecule has 0 atom stereocenters. The topological polar surface area (TPSA) is 76.8 Å². The maximum atomic E-state index is 12.6. The van der Waals surface area contributed by atoms with E-state index in [1.807, 2.05) is 19.1 Å². The normalized spacial score (nSPS) is 15.3. The molecular formula is C27H31N5O. The van der Waals surface area contributed by atoms with Gasteiger partial charge < -0.3 is 20.2 Å². The molecule has 3 N–H and O–H groups in total. The van der Waals surface area contributed by atoms with Crippen LogP contribution in [0.4, 0.5) is 5.69 Å². The van der Waals surface area contributed by atoms with Gasteiger partial charge in [-0.1, -0.05) is 24.3 Å². The van der Waals surface area contributed by atoms with E-state index >= 15 is 0 Å². The molecule has 33 heavy (non-hydrogen) atoms. The average molecular weight is 442 g/mol. The number of carbonyl (C=O) groups is 1. The minimum atomic E-state index is 0.0500. The molecule has 0 radical (unpaired) electrons. The number of nitrogens with one attached hydrogen (secondary N) is 3. The van der Waals surface area contributed by atoms with Gasteiger partial charge in [-0.25, -0.2) is 4.98 Å². The molecule has 0 saturated carbocycles. The van der Waals surface area contributed by atoms with Crippen molar-refractivity contribution >= 4 is 22.5 Å². The van der Waals surface area contributed by atoms with Gasteiger partial charge in [0.15, 0.2) is 11.6 Å². The molecule has 4 aromatic rings. The summed E-state index contributed by atoms with van der Waals surface area (Å²) in [6.07, 6.45) is 2.30. The number of nitrogens with zero attached hydrogens (tertiary/aromatic N) is 2. The average Bonchev–Trinajstić information content (AvgIpc) is 3.36. The Balaban J connectivity index is 1.55. The van der Waals surface area contributed by atoms with Gasteiger partial charge in [0.05, 0.1) is 16.7 Å².